The van der Waals surface area contributed by atoms with Gasteiger partial charge in [-0.2, -0.15) is 5.10 Å². The van der Waals surface area contributed by atoms with Crippen molar-refractivity contribution >= 4 is 5.91 Å². The van der Waals surface area contributed by atoms with E-state index < -0.39 is 0 Å². The lowest BCUT2D eigenvalue weighted by atomic mass is 9.69. The van der Waals surface area contributed by atoms with Gasteiger partial charge >= 0.3 is 0 Å². The monoisotopic (exact) mass is 341 g/mol. The zero-order valence-corrected chi connectivity index (χ0v) is 15.3. The average molecular weight is 341 g/mol. The van der Waals surface area contributed by atoms with E-state index in [-0.39, 0.29) is 11.9 Å². The predicted molar refractivity (Wildman–Crippen MR) is 96.4 cm³/mol. The van der Waals surface area contributed by atoms with Crippen LogP contribution in [0.3, 0.4) is 0 Å². The maximum atomic E-state index is 12.8. The van der Waals surface area contributed by atoms with Gasteiger partial charge in [0.25, 0.3) is 5.91 Å². The Bertz CT molecular complexity index is 702. The molecule has 3 rings (SSSR count). The fourth-order valence-corrected chi connectivity index (χ4v) is 3.65. The molecule has 134 valence electrons. The molecule has 0 bridgehead atoms. The largest absolute Gasteiger partial charge is 0.349 e. The van der Waals surface area contributed by atoms with Gasteiger partial charge < -0.3 is 5.32 Å². The molecule has 0 saturated heterocycles. The molecule has 6 nitrogen and oxygen atoms in total. The molecular weight excluding hydrogens is 314 g/mol. The number of carbonyl (C=O) groups is 1. The van der Waals surface area contributed by atoms with Crippen LogP contribution in [-0.2, 0) is 0 Å². The number of hydrogen-bond donors (Lipinski definition) is 1. The molecule has 0 atom stereocenters. The summed E-state index contributed by atoms with van der Waals surface area (Å²) in [6.45, 7) is 6.98. The number of nitrogens with zero attached hydrogens (tertiary/aromatic N) is 4. The van der Waals surface area contributed by atoms with Crippen LogP contribution in [0.1, 0.15) is 63.2 Å². The molecule has 2 aromatic heterocycles. The number of nitrogens with one attached hydrogen (secondary N) is 1. The van der Waals surface area contributed by atoms with E-state index in [9.17, 15) is 4.79 Å². The van der Waals surface area contributed by atoms with Crippen molar-refractivity contribution in [2.45, 2.75) is 58.9 Å². The molecule has 2 aromatic rings. The molecule has 1 aliphatic carbocycles. The molecular formula is C19H27N5O. The zero-order chi connectivity index (χ0) is 17.9. The molecule has 1 fully saturated rings. The van der Waals surface area contributed by atoms with E-state index in [1.165, 1.54) is 30.3 Å². The first kappa shape index (κ1) is 17.6. The first-order valence-corrected chi connectivity index (χ1v) is 9.12. The second kappa shape index (κ2) is 7.33. The van der Waals surface area contributed by atoms with Crippen LogP contribution in [0, 0.1) is 11.3 Å². The van der Waals surface area contributed by atoms with Crippen molar-refractivity contribution in [1.29, 1.82) is 0 Å². The Morgan fingerprint density at radius 2 is 2.08 bits per heavy atom. The molecule has 0 radical (unpaired) electrons. The van der Waals surface area contributed by atoms with Gasteiger partial charge in [-0.3, -0.25) is 4.79 Å². The van der Waals surface area contributed by atoms with Crippen LogP contribution in [0.4, 0.5) is 0 Å². The fourth-order valence-electron chi connectivity index (χ4n) is 3.65. The van der Waals surface area contributed by atoms with Crippen molar-refractivity contribution in [1.82, 2.24) is 25.1 Å². The maximum absolute atomic E-state index is 12.8. The minimum Gasteiger partial charge on any atom is -0.349 e. The molecule has 2 heterocycles. The molecule has 6 heteroatoms. The Balaban J connectivity index is 1.65. The van der Waals surface area contributed by atoms with Crippen LogP contribution in [0.15, 0.2) is 31.0 Å². The van der Waals surface area contributed by atoms with Gasteiger partial charge in [0.1, 0.15) is 12.7 Å². The van der Waals surface area contributed by atoms with E-state index in [0.717, 1.165) is 18.8 Å². The second-order valence-electron chi connectivity index (χ2n) is 7.58. The minimum atomic E-state index is -0.0863. The molecule has 1 N–H and O–H groups in total. The molecule has 0 aromatic carbocycles. The molecule has 1 aliphatic rings. The molecule has 0 unspecified atom stereocenters. The van der Waals surface area contributed by atoms with Crippen LogP contribution in [-0.4, -0.2) is 31.7 Å². The van der Waals surface area contributed by atoms with Crippen molar-refractivity contribution in [2.75, 3.05) is 0 Å². The highest BCUT2D eigenvalue weighted by atomic mass is 16.1. The van der Waals surface area contributed by atoms with Crippen molar-refractivity contribution in [3.63, 3.8) is 0 Å². The number of rotatable bonds is 5. The number of pyridine rings is 1. The Hall–Kier alpha value is -2.24. The van der Waals surface area contributed by atoms with Crippen LogP contribution in [0.5, 0.6) is 0 Å². The van der Waals surface area contributed by atoms with Crippen molar-refractivity contribution in [3.05, 3.63) is 36.5 Å². The summed E-state index contributed by atoms with van der Waals surface area (Å²) in [6, 6.07) is 3.79. The summed E-state index contributed by atoms with van der Waals surface area (Å²) < 4.78 is 1.52. The van der Waals surface area contributed by atoms with Gasteiger partial charge in [-0.1, -0.05) is 27.2 Å². The van der Waals surface area contributed by atoms with Gasteiger partial charge in [0.05, 0.1) is 5.56 Å². The molecule has 25 heavy (non-hydrogen) atoms. The number of carbonyl (C=O) groups excluding carboxylic acids is 1. The number of amides is 1. The zero-order valence-electron chi connectivity index (χ0n) is 15.3. The van der Waals surface area contributed by atoms with Gasteiger partial charge in [-0.25, -0.2) is 14.6 Å². The van der Waals surface area contributed by atoms with Gasteiger partial charge in [0, 0.05) is 12.2 Å². The standard InChI is InChI=1S/C19H27N5O/c1-4-19(2,3)14-7-9-15(10-8-14)23-18(25)16-6-5-11-21-17(16)24-13-20-12-22-24/h5-6,11-15H,4,7-10H2,1-3H3,(H,23,25). The smallest absolute Gasteiger partial charge is 0.255 e. The highest BCUT2D eigenvalue weighted by Gasteiger charge is 2.32. The fraction of sp³-hybridized carbons (Fsp3) is 0.579. The molecule has 1 saturated carbocycles. The Morgan fingerprint density at radius 3 is 2.72 bits per heavy atom. The third-order valence-corrected chi connectivity index (χ3v) is 5.75. The molecule has 0 spiro atoms. The molecule has 1 amide bonds. The first-order chi connectivity index (χ1) is 12.0. The second-order valence-corrected chi connectivity index (χ2v) is 7.58. The van der Waals surface area contributed by atoms with E-state index in [0.29, 0.717) is 16.8 Å². The lowest BCUT2D eigenvalue weighted by molar-refractivity contribution is 0.0893. The first-order valence-electron chi connectivity index (χ1n) is 9.12. The summed E-state index contributed by atoms with van der Waals surface area (Å²) in [7, 11) is 0. The lowest BCUT2D eigenvalue weighted by Gasteiger charge is -2.39. The van der Waals surface area contributed by atoms with Gasteiger partial charge in [0.2, 0.25) is 0 Å². The number of aromatic nitrogens is 4. The highest BCUT2D eigenvalue weighted by Crippen LogP contribution is 2.40. The van der Waals surface area contributed by atoms with E-state index in [2.05, 4.69) is 41.2 Å². The Labute approximate surface area is 149 Å². The van der Waals surface area contributed by atoms with Crippen LogP contribution in [0.2, 0.25) is 0 Å². The maximum Gasteiger partial charge on any atom is 0.255 e. The van der Waals surface area contributed by atoms with Crippen molar-refractivity contribution in [2.24, 2.45) is 11.3 Å². The summed E-state index contributed by atoms with van der Waals surface area (Å²) in [4.78, 5) is 21.0. The summed E-state index contributed by atoms with van der Waals surface area (Å²) >= 11 is 0. The third kappa shape index (κ3) is 3.89. The normalized spacial score (nSPS) is 21.1. The van der Waals surface area contributed by atoms with Crippen LogP contribution in [0.25, 0.3) is 5.82 Å². The summed E-state index contributed by atoms with van der Waals surface area (Å²) in [6.07, 6.45) is 10.3. The van der Waals surface area contributed by atoms with E-state index >= 15 is 0 Å². The summed E-state index contributed by atoms with van der Waals surface area (Å²) in [5.41, 5.74) is 0.919. The Morgan fingerprint density at radius 1 is 1.32 bits per heavy atom. The summed E-state index contributed by atoms with van der Waals surface area (Å²) in [5, 5.41) is 7.27. The van der Waals surface area contributed by atoms with Crippen LogP contribution >= 0.6 is 0 Å². The van der Waals surface area contributed by atoms with Gasteiger partial charge in [-0.15, -0.1) is 0 Å². The quantitative estimate of drug-likeness (QED) is 0.905. The van der Waals surface area contributed by atoms with Crippen LogP contribution < -0.4 is 5.32 Å². The van der Waals surface area contributed by atoms with E-state index in [4.69, 9.17) is 0 Å². The van der Waals surface area contributed by atoms with Gasteiger partial charge in [0.15, 0.2) is 5.82 Å². The Kier molecular flexibility index (Phi) is 5.16. The number of hydrogen-bond acceptors (Lipinski definition) is 4. The predicted octanol–water partition coefficient (Wildman–Crippen LogP) is 3.39. The molecule has 0 aliphatic heterocycles. The lowest BCUT2D eigenvalue weighted by Crippen LogP contribution is -2.40. The summed E-state index contributed by atoms with van der Waals surface area (Å²) in [5.74, 6) is 1.17. The third-order valence-electron chi connectivity index (χ3n) is 5.75. The van der Waals surface area contributed by atoms with Crippen molar-refractivity contribution in [3.8, 4) is 5.82 Å². The highest BCUT2D eigenvalue weighted by molar-refractivity contribution is 5.97. The topological polar surface area (TPSA) is 72.7 Å². The van der Waals surface area contributed by atoms with E-state index in [1.807, 2.05) is 0 Å². The SMILES string of the molecule is CCC(C)(C)C1CCC(NC(=O)c2cccnc2-n2cncn2)CC1. The van der Waals surface area contributed by atoms with Gasteiger partial charge in [-0.05, 0) is 49.1 Å². The van der Waals surface area contributed by atoms with Crippen molar-refractivity contribution < 1.29 is 4.79 Å². The minimum absolute atomic E-state index is 0.0863. The average Bonchev–Trinajstić information content (AvgIpc) is 3.16. The van der Waals surface area contributed by atoms with E-state index in [1.54, 1.807) is 24.7 Å².